The van der Waals surface area contributed by atoms with Crippen LogP contribution in [0.4, 0.5) is 31.0 Å². The van der Waals surface area contributed by atoms with Crippen molar-refractivity contribution in [3.63, 3.8) is 0 Å². The molecule has 0 saturated carbocycles. The molecule has 0 aliphatic carbocycles. The van der Waals surface area contributed by atoms with Gasteiger partial charge in [-0.05, 0) is 61.5 Å². The molecule has 12 nitrogen and oxygen atoms in total. The number of likely N-dealkylation sites (N-methyl/N-ethyl adjacent to an activating group) is 1. The first-order chi connectivity index (χ1) is 21.6. The number of anilines is 3. The van der Waals surface area contributed by atoms with Gasteiger partial charge in [-0.2, -0.15) is 0 Å². The zero-order valence-corrected chi connectivity index (χ0v) is 25.2. The van der Waals surface area contributed by atoms with Crippen molar-refractivity contribution >= 4 is 35.0 Å². The zero-order chi connectivity index (χ0) is 32.1. The Balaban J connectivity index is 1.33. The summed E-state index contributed by atoms with van der Waals surface area (Å²) in [6.07, 6.45) is -0.564. The fourth-order valence-corrected chi connectivity index (χ4v) is 5.10. The summed E-state index contributed by atoms with van der Waals surface area (Å²) in [6.45, 7) is 4.08. The molecule has 0 saturated heterocycles. The van der Waals surface area contributed by atoms with Gasteiger partial charge >= 0.3 is 12.1 Å². The molecule has 5 amide bonds. The second-order valence-electron chi connectivity index (χ2n) is 11.2. The van der Waals surface area contributed by atoms with Crippen LogP contribution in [0.3, 0.4) is 0 Å². The van der Waals surface area contributed by atoms with Crippen molar-refractivity contribution < 1.29 is 38.1 Å². The number of urea groups is 2. The Morgan fingerprint density at radius 3 is 2.36 bits per heavy atom. The molecule has 45 heavy (non-hydrogen) atoms. The largest absolute Gasteiger partial charge is 0.488 e. The molecule has 3 aromatic carbocycles. The number of ether oxygens (including phenoxy) is 3. The zero-order valence-electron chi connectivity index (χ0n) is 25.2. The maximum absolute atomic E-state index is 13.5. The van der Waals surface area contributed by atoms with E-state index in [1.54, 1.807) is 55.3 Å². The van der Waals surface area contributed by atoms with Crippen molar-refractivity contribution in [1.82, 2.24) is 9.80 Å². The van der Waals surface area contributed by atoms with Gasteiger partial charge in [-0.1, -0.05) is 6.92 Å². The average molecular weight is 622 g/mol. The maximum atomic E-state index is 13.5. The molecular weight excluding hydrogens is 585 g/mol. The third kappa shape index (κ3) is 7.73. The molecule has 3 aromatic rings. The minimum Gasteiger partial charge on any atom is -0.488 e. The first-order valence-corrected chi connectivity index (χ1v) is 14.5. The highest BCUT2D eigenvalue weighted by Crippen LogP contribution is 2.34. The maximum Gasteiger partial charge on any atom is 0.323 e. The molecule has 0 unspecified atom stereocenters. The molecule has 3 atom stereocenters. The van der Waals surface area contributed by atoms with Crippen LogP contribution in [0.15, 0.2) is 60.7 Å². The normalized spacial score (nSPS) is 18.0. The monoisotopic (exact) mass is 621 g/mol. The first-order valence-electron chi connectivity index (χ1n) is 14.5. The quantitative estimate of drug-likeness (QED) is 0.304. The van der Waals surface area contributed by atoms with Gasteiger partial charge in [-0.3, -0.25) is 4.79 Å². The molecular formula is C32H36FN5O7. The Hall–Kier alpha value is -5.04. The number of carbonyl (C=O) groups excluding carboxylic acids is 3. The van der Waals surface area contributed by atoms with E-state index >= 15 is 0 Å². The lowest BCUT2D eigenvalue weighted by Crippen LogP contribution is -2.48. The first kappa shape index (κ1) is 31.4. The summed E-state index contributed by atoms with van der Waals surface area (Å²) in [7, 11) is 1.65. The van der Waals surface area contributed by atoms with Crippen molar-refractivity contribution in [3.8, 4) is 17.2 Å². The van der Waals surface area contributed by atoms with Crippen LogP contribution in [0.1, 0.15) is 19.4 Å². The predicted molar refractivity (Wildman–Crippen MR) is 165 cm³/mol. The standard InChI is InChI=1S/C32H36FN5O7/c1-19-15-38(20(2)17-39)30(40)13-21-12-24(35-31(41)34-23-6-4-22(33)5-7-23)8-10-26(21)45-29(19)16-37(3)32(42)36-25-9-11-27-28(14-25)44-18-43-27/h4-12,14,19-20,29,39H,13,15-18H2,1-3H3,(H,36,42)(H2,34,35,41)/t19-,20-,29-/m0/s1. The van der Waals surface area contributed by atoms with E-state index in [-0.39, 0.29) is 44.2 Å². The summed E-state index contributed by atoms with van der Waals surface area (Å²) < 4.78 is 30.4. The third-order valence-corrected chi connectivity index (χ3v) is 7.70. The molecule has 0 bridgehead atoms. The Morgan fingerprint density at radius 2 is 1.62 bits per heavy atom. The Kier molecular flexibility index (Phi) is 9.57. The van der Waals surface area contributed by atoms with E-state index in [0.717, 1.165) is 0 Å². The molecule has 0 spiro atoms. The Labute approximate surface area is 260 Å². The average Bonchev–Trinajstić information content (AvgIpc) is 3.50. The fourth-order valence-electron chi connectivity index (χ4n) is 5.10. The minimum absolute atomic E-state index is 0.0331. The summed E-state index contributed by atoms with van der Waals surface area (Å²) >= 11 is 0. The number of hydrogen-bond donors (Lipinski definition) is 4. The number of carbonyl (C=O) groups is 3. The number of amides is 5. The second kappa shape index (κ2) is 13.7. The molecule has 238 valence electrons. The second-order valence-corrected chi connectivity index (χ2v) is 11.2. The van der Waals surface area contributed by atoms with Crippen molar-refractivity contribution in [2.75, 3.05) is 49.5 Å². The van der Waals surface area contributed by atoms with Gasteiger partial charge in [0.05, 0.1) is 25.6 Å². The SMILES string of the molecule is C[C@H]1CN([C@@H](C)CO)C(=O)Cc2cc(NC(=O)Nc3ccc(F)cc3)ccc2O[C@H]1CN(C)C(=O)Nc1ccc2c(c1)OCO2. The summed E-state index contributed by atoms with van der Waals surface area (Å²) in [4.78, 5) is 42.4. The van der Waals surface area contributed by atoms with E-state index < -0.39 is 24.0 Å². The van der Waals surface area contributed by atoms with E-state index in [1.165, 1.54) is 29.2 Å². The van der Waals surface area contributed by atoms with E-state index in [1.807, 2.05) is 6.92 Å². The summed E-state index contributed by atoms with van der Waals surface area (Å²) in [6, 6.07) is 14.1. The fraction of sp³-hybridized carbons (Fsp3) is 0.344. The topological polar surface area (TPSA) is 142 Å². The molecule has 2 aliphatic heterocycles. The van der Waals surface area contributed by atoms with Gasteiger partial charge < -0.3 is 45.1 Å². The molecule has 13 heteroatoms. The third-order valence-electron chi connectivity index (χ3n) is 7.70. The highest BCUT2D eigenvalue weighted by Gasteiger charge is 2.32. The summed E-state index contributed by atoms with van der Waals surface area (Å²) in [5.41, 5.74) is 1.89. The van der Waals surface area contributed by atoms with Gasteiger partial charge in [0.1, 0.15) is 17.7 Å². The van der Waals surface area contributed by atoms with Crippen LogP contribution in [-0.2, 0) is 11.2 Å². The van der Waals surface area contributed by atoms with Crippen LogP contribution in [0, 0.1) is 11.7 Å². The molecule has 5 rings (SSSR count). The summed E-state index contributed by atoms with van der Waals surface area (Å²) in [5, 5.41) is 18.1. The van der Waals surface area contributed by atoms with E-state index in [0.29, 0.717) is 46.4 Å². The molecule has 2 heterocycles. The number of nitrogens with zero attached hydrogens (tertiary/aromatic N) is 2. The number of aliphatic hydroxyl groups excluding tert-OH is 1. The minimum atomic E-state index is -0.547. The van der Waals surface area contributed by atoms with E-state index in [4.69, 9.17) is 14.2 Å². The van der Waals surface area contributed by atoms with Crippen molar-refractivity contribution in [3.05, 3.63) is 72.0 Å². The van der Waals surface area contributed by atoms with Crippen LogP contribution in [0.2, 0.25) is 0 Å². The van der Waals surface area contributed by atoms with Crippen molar-refractivity contribution in [2.24, 2.45) is 5.92 Å². The van der Waals surface area contributed by atoms with Gasteiger partial charge in [0.25, 0.3) is 0 Å². The van der Waals surface area contributed by atoms with Crippen LogP contribution in [0.25, 0.3) is 0 Å². The number of nitrogens with one attached hydrogen (secondary N) is 3. The van der Waals surface area contributed by atoms with Crippen molar-refractivity contribution in [2.45, 2.75) is 32.4 Å². The van der Waals surface area contributed by atoms with E-state index in [9.17, 15) is 23.9 Å². The molecule has 0 fully saturated rings. The van der Waals surface area contributed by atoms with Gasteiger partial charge in [0.2, 0.25) is 12.7 Å². The lowest BCUT2D eigenvalue weighted by molar-refractivity contribution is -0.134. The van der Waals surface area contributed by atoms with Crippen LogP contribution >= 0.6 is 0 Å². The molecule has 0 radical (unpaired) electrons. The number of fused-ring (bicyclic) bond motifs is 2. The molecule has 0 aromatic heterocycles. The van der Waals surface area contributed by atoms with Crippen LogP contribution < -0.4 is 30.2 Å². The Bertz CT molecular complexity index is 1550. The number of aliphatic hydroxyl groups is 1. The molecule has 4 N–H and O–H groups in total. The van der Waals surface area contributed by atoms with Crippen LogP contribution in [-0.4, -0.2) is 78.6 Å². The highest BCUT2D eigenvalue weighted by atomic mass is 19.1. The predicted octanol–water partition coefficient (Wildman–Crippen LogP) is 4.51. The molecule has 2 aliphatic rings. The Morgan fingerprint density at radius 1 is 0.978 bits per heavy atom. The van der Waals surface area contributed by atoms with Crippen molar-refractivity contribution in [1.29, 1.82) is 0 Å². The van der Waals surface area contributed by atoms with E-state index in [2.05, 4.69) is 16.0 Å². The lowest BCUT2D eigenvalue weighted by atomic mass is 10.0. The van der Waals surface area contributed by atoms with Crippen LogP contribution in [0.5, 0.6) is 17.2 Å². The lowest BCUT2D eigenvalue weighted by Gasteiger charge is -2.34. The highest BCUT2D eigenvalue weighted by molar-refractivity contribution is 6.00. The van der Waals surface area contributed by atoms with Gasteiger partial charge in [0, 0.05) is 48.2 Å². The summed E-state index contributed by atoms with van der Waals surface area (Å²) in [5.74, 6) is 0.732. The van der Waals surface area contributed by atoms with Gasteiger partial charge in [-0.15, -0.1) is 0 Å². The number of benzene rings is 3. The smallest absolute Gasteiger partial charge is 0.323 e. The number of halogens is 1. The van der Waals surface area contributed by atoms with Gasteiger partial charge in [0.15, 0.2) is 11.5 Å². The number of hydrogen-bond acceptors (Lipinski definition) is 7. The van der Waals surface area contributed by atoms with Gasteiger partial charge in [-0.25, -0.2) is 14.0 Å². The number of rotatable bonds is 7.